The van der Waals surface area contributed by atoms with E-state index in [2.05, 4.69) is 9.25 Å². The Morgan fingerprint density at radius 1 is 1.40 bits per heavy atom. The molecule has 0 saturated carbocycles. The van der Waals surface area contributed by atoms with Crippen molar-refractivity contribution in [2.75, 3.05) is 12.9 Å². The van der Waals surface area contributed by atoms with Gasteiger partial charge in [-0.25, -0.2) is 8.42 Å². The molecule has 0 saturated heterocycles. The van der Waals surface area contributed by atoms with Gasteiger partial charge in [0.2, 0.25) is 0 Å². The summed E-state index contributed by atoms with van der Waals surface area (Å²) >= 11 is 1.07. The first-order chi connectivity index (χ1) is 9.36. The molecule has 1 aromatic carbocycles. The average molecular weight is 335 g/mol. The standard InChI is InChI=1S/C11H14NO5PS2/c1-2-17-18(13,14)8-12-20(15,16)11-10-6-4-3-5-9(10)7-19-11/h3-7,12H,2,8H2,1H3,(H,13,14). The van der Waals surface area contributed by atoms with E-state index in [-0.39, 0.29) is 10.8 Å². The van der Waals surface area contributed by atoms with Crippen molar-refractivity contribution in [2.24, 2.45) is 0 Å². The lowest BCUT2D eigenvalue weighted by molar-refractivity contribution is 0.273. The third-order valence-corrected chi connectivity index (χ3v) is 6.92. The first-order valence-electron chi connectivity index (χ1n) is 5.78. The van der Waals surface area contributed by atoms with Crippen LogP contribution in [0.4, 0.5) is 0 Å². The number of benzene rings is 1. The van der Waals surface area contributed by atoms with Crippen LogP contribution in [0.3, 0.4) is 0 Å². The molecule has 0 fully saturated rings. The second-order valence-electron chi connectivity index (χ2n) is 3.97. The van der Waals surface area contributed by atoms with Gasteiger partial charge in [0.25, 0.3) is 10.0 Å². The smallest absolute Gasteiger partial charge is 0.323 e. The fraction of sp³-hybridized carbons (Fsp3) is 0.273. The Labute approximate surface area is 121 Å². The van der Waals surface area contributed by atoms with Gasteiger partial charge in [-0.15, -0.1) is 11.3 Å². The fourth-order valence-electron chi connectivity index (χ4n) is 1.65. The van der Waals surface area contributed by atoms with Crippen LogP contribution in [0.15, 0.2) is 33.9 Å². The zero-order valence-electron chi connectivity index (χ0n) is 10.6. The van der Waals surface area contributed by atoms with Gasteiger partial charge in [-0.2, -0.15) is 4.72 Å². The third kappa shape index (κ3) is 3.46. The van der Waals surface area contributed by atoms with Crippen LogP contribution in [0.25, 0.3) is 10.8 Å². The maximum absolute atomic E-state index is 12.2. The van der Waals surface area contributed by atoms with E-state index >= 15 is 0 Å². The van der Waals surface area contributed by atoms with Crippen molar-refractivity contribution >= 4 is 39.7 Å². The fourth-order valence-corrected chi connectivity index (χ4v) is 5.67. The molecule has 1 heterocycles. The molecule has 0 amide bonds. The summed E-state index contributed by atoms with van der Waals surface area (Å²) in [6, 6.07) is 7.06. The molecule has 9 heteroatoms. The summed E-state index contributed by atoms with van der Waals surface area (Å²) in [5.41, 5.74) is 0. The van der Waals surface area contributed by atoms with E-state index in [1.807, 2.05) is 12.1 Å². The van der Waals surface area contributed by atoms with E-state index < -0.39 is 23.9 Å². The second kappa shape index (κ2) is 5.93. The zero-order chi connectivity index (χ0) is 14.8. The Morgan fingerprint density at radius 2 is 2.10 bits per heavy atom. The van der Waals surface area contributed by atoms with Crippen LogP contribution in [0.1, 0.15) is 6.92 Å². The summed E-state index contributed by atoms with van der Waals surface area (Å²) < 4.78 is 42.7. The largest absolute Gasteiger partial charge is 0.342 e. The summed E-state index contributed by atoms with van der Waals surface area (Å²) in [7, 11) is -7.78. The van der Waals surface area contributed by atoms with Crippen molar-refractivity contribution in [3.63, 3.8) is 0 Å². The highest BCUT2D eigenvalue weighted by molar-refractivity contribution is 7.92. The van der Waals surface area contributed by atoms with Gasteiger partial charge in [0.05, 0.1) is 6.61 Å². The molecular weight excluding hydrogens is 321 g/mol. The maximum Gasteiger partial charge on any atom is 0.342 e. The second-order valence-corrected chi connectivity index (χ2v) is 8.66. The normalized spacial score (nSPS) is 15.3. The van der Waals surface area contributed by atoms with Gasteiger partial charge in [-0.05, 0) is 17.7 Å². The highest BCUT2D eigenvalue weighted by Gasteiger charge is 2.25. The molecule has 2 N–H and O–H groups in total. The van der Waals surface area contributed by atoms with Crippen molar-refractivity contribution < 1.29 is 22.4 Å². The first-order valence-corrected chi connectivity index (χ1v) is 9.90. The molecule has 110 valence electrons. The minimum absolute atomic E-state index is 0.0391. The van der Waals surface area contributed by atoms with Gasteiger partial charge < -0.3 is 9.42 Å². The zero-order valence-corrected chi connectivity index (χ0v) is 13.2. The van der Waals surface area contributed by atoms with Gasteiger partial charge in [0, 0.05) is 5.39 Å². The van der Waals surface area contributed by atoms with Crippen molar-refractivity contribution in [2.45, 2.75) is 11.1 Å². The summed E-state index contributed by atoms with van der Waals surface area (Å²) in [6.45, 7) is 1.60. The predicted molar refractivity (Wildman–Crippen MR) is 78.5 cm³/mol. The van der Waals surface area contributed by atoms with Crippen molar-refractivity contribution in [1.29, 1.82) is 0 Å². The number of sulfonamides is 1. The van der Waals surface area contributed by atoms with Crippen LogP contribution in [-0.4, -0.2) is 26.2 Å². The molecule has 20 heavy (non-hydrogen) atoms. The number of hydrogen-bond donors (Lipinski definition) is 2. The van der Waals surface area contributed by atoms with Crippen LogP contribution in [0.5, 0.6) is 0 Å². The van der Waals surface area contributed by atoms with E-state index in [1.165, 1.54) is 0 Å². The average Bonchev–Trinajstić information content (AvgIpc) is 2.81. The molecule has 1 unspecified atom stereocenters. The van der Waals surface area contributed by atoms with Crippen LogP contribution >= 0.6 is 18.9 Å². The molecule has 0 radical (unpaired) electrons. The van der Waals surface area contributed by atoms with Crippen molar-refractivity contribution in [3.05, 3.63) is 29.6 Å². The molecule has 0 aliphatic rings. The van der Waals surface area contributed by atoms with Crippen LogP contribution in [0.2, 0.25) is 0 Å². The van der Waals surface area contributed by atoms with E-state index in [0.29, 0.717) is 5.39 Å². The monoisotopic (exact) mass is 335 g/mol. The van der Waals surface area contributed by atoms with E-state index in [1.54, 1.807) is 24.4 Å². The summed E-state index contributed by atoms with van der Waals surface area (Å²) in [6.07, 6.45) is -0.643. The Hall–Kier alpha value is -0.760. The molecule has 6 nitrogen and oxygen atoms in total. The lowest BCUT2D eigenvalue weighted by Crippen LogP contribution is -2.24. The molecule has 2 rings (SSSR count). The molecular formula is C11H14NO5PS2. The van der Waals surface area contributed by atoms with Crippen molar-refractivity contribution in [1.82, 2.24) is 4.72 Å². The Balaban J connectivity index is 2.25. The van der Waals surface area contributed by atoms with Gasteiger partial charge in [-0.3, -0.25) is 4.57 Å². The van der Waals surface area contributed by atoms with E-state index in [0.717, 1.165) is 16.7 Å². The van der Waals surface area contributed by atoms with E-state index in [9.17, 15) is 17.9 Å². The first kappa shape index (κ1) is 15.6. The molecule has 1 atom stereocenters. The highest BCUT2D eigenvalue weighted by Crippen LogP contribution is 2.40. The Kier molecular flexibility index (Phi) is 4.63. The lowest BCUT2D eigenvalue weighted by Gasteiger charge is -2.11. The van der Waals surface area contributed by atoms with Gasteiger partial charge >= 0.3 is 7.60 Å². The maximum atomic E-state index is 12.2. The predicted octanol–water partition coefficient (Wildman–Crippen LogP) is 2.36. The SMILES string of the molecule is CCOP(=O)(O)CNS(=O)(=O)c1scc2ccccc12. The molecule has 1 aromatic heterocycles. The summed E-state index contributed by atoms with van der Waals surface area (Å²) in [4.78, 5) is 9.40. The number of rotatable bonds is 6. The minimum Gasteiger partial charge on any atom is -0.323 e. The van der Waals surface area contributed by atoms with Crippen molar-refractivity contribution in [3.8, 4) is 0 Å². The molecule has 0 spiro atoms. The number of nitrogens with one attached hydrogen (secondary N) is 1. The topological polar surface area (TPSA) is 92.7 Å². The van der Waals surface area contributed by atoms with E-state index in [4.69, 9.17) is 0 Å². The number of hydrogen-bond acceptors (Lipinski definition) is 5. The van der Waals surface area contributed by atoms with Crippen LogP contribution in [0, 0.1) is 0 Å². The Morgan fingerprint density at radius 3 is 2.80 bits per heavy atom. The highest BCUT2D eigenvalue weighted by atomic mass is 32.2. The Bertz CT molecular complexity index is 755. The quantitative estimate of drug-likeness (QED) is 0.791. The van der Waals surface area contributed by atoms with Crippen LogP contribution in [-0.2, 0) is 19.1 Å². The molecule has 0 bridgehead atoms. The summed E-state index contributed by atoms with van der Waals surface area (Å²) in [5.74, 6) is 0. The van der Waals surface area contributed by atoms with Crippen LogP contribution < -0.4 is 4.72 Å². The number of thiophene rings is 1. The van der Waals surface area contributed by atoms with Gasteiger partial charge in [-0.1, -0.05) is 24.3 Å². The summed E-state index contributed by atoms with van der Waals surface area (Å²) in [5, 5.41) is 3.13. The number of fused-ring (bicyclic) bond motifs is 1. The van der Waals surface area contributed by atoms with Gasteiger partial charge in [0.15, 0.2) is 0 Å². The lowest BCUT2D eigenvalue weighted by atomic mass is 10.2. The molecule has 2 aromatic rings. The van der Waals surface area contributed by atoms with Gasteiger partial charge in [0.1, 0.15) is 10.5 Å². The minimum atomic E-state index is -3.94. The third-order valence-electron chi connectivity index (χ3n) is 2.50. The molecule has 0 aliphatic carbocycles. The molecule has 0 aliphatic heterocycles.